The minimum Gasteiger partial charge on any atom is -0.278 e. The highest BCUT2D eigenvalue weighted by Crippen LogP contribution is 2.26. The second-order valence-corrected chi connectivity index (χ2v) is 6.31. The first-order valence-electron chi connectivity index (χ1n) is 7.76. The largest absolute Gasteiger partial charge is 0.278 e. The Labute approximate surface area is 140 Å². The molecule has 1 aliphatic heterocycles. The first kappa shape index (κ1) is 15.8. The van der Waals surface area contributed by atoms with Crippen LogP contribution in [0, 0.1) is 5.92 Å². The fraction of sp³-hybridized carbons (Fsp3) is 0.263. The van der Waals surface area contributed by atoms with Gasteiger partial charge in [-0.05, 0) is 36.1 Å². The lowest BCUT2D eigenvalue weighted by Crippen LogP contribution is -2.30. The van der Waals surface area contributed by atoms with E-state index in [0.29, 0.717) is 24.4 Å². The van der Waals surface area contributed by atoms with Crippen molar-refractivity contribution >= 4 is 23.4 Å². The third kappa shape index (κ3) is 3.80. The summed E-state index contributed by atoms with van der Waals surface area (Å²) in [4.78, 5) is 26.0. The molecule has 1 aliphatic rings. The van der Waals surface area contributed by atoms with Gasteiger partial charge in [-0.1, -0.05) is 54.1 Å². The highest BCUT2D eigenvalue weighted by molar-refractivity contribution is 6.30. The van der Waals surface area contributed by atoms with E-state index in [9.17, 15) is 9.59 Å². The van der Waals surface area contributed by atoms with Gasteiger partial charge in [0.25, 0.3) is 0 Å². The third-order valence-electron chi connectivity index (χ3n) is 4.22. The number of benzene rings is 2. The summed E-state index contributed by atoms with van der Waals surface area (Å²) in [5.41, 5.74) is 2.11. The molecule has 1 saturated heterocycles. The van der Waals surface area contributed by atoms with Gasteiger partial charge in [0.2, 0.25) is 11.8 Å². The molecule has 2 aromatic rings. The van der Waals surface area contributed by atoms with Crippen molar-refractivity contribution in [2.75, 3.05) is 0 Å². The van der Waals surface area contributed by atoms with Crippen LogP contribution < -0.4 is 0 Å². The number of carbonyl (C=O) groups is 2. The molecule has 0 aliphatic carbocycles. The Hall–Kier alpha value is -2.13. The van der Waals surface area contributed by atoms with Crippen LogP contribution in [-0.2, 0) is 22.6 Å². The molecule has 0 spiro atoms. The summed E-state index contributed by atoms with van der Waals surface area (Å²) in [6.07, 6.45) is 1.79. The molecular formula is C19H18ClNO2. The molecule has 0 bridgehead atoms. The molecule has 0 N–H and O–H groups in total. The highest BCUT2D eigenvalue weighted by atomic mass is 35.5. The average Bonchev–Trinajstić information content (AvgIpc) is 2.83. The molecule has 2 amide bonds. The number of imide groups is 1. The maximum atomic E-state index is 12.5. The van der Waals surface area contributed by atoms with Crippen molar-refractivity contribution in [3.8, 4) is 0 Å². The van der Waals surface area contributed by atoms with E-state index in [-0.39, 0.29) is 17.7 Å². The molecule has 3 rings (SSSR count). The van der Waals surface area contributed by atoms with Crippen LogP contribution in [-0.4, -0.2) is 16.7 Å². The van der Waals surface area contributed by atoms with Gasteiger partial charge < -0.3 is 0 Å². The molecule has 118 valence electrons. The normalized spacial score (nSPS) is 17.8. The lowest BCUT2D eigenvalue weighted by Gasteiger charge is -2.15. The fourth-order valence-electron chi connectivity index (χ4n) is 2.90. The zero-order chi connectivity index (χ0) is 16.2. The topological polar surface area (TPSA) is 37.4 Å². The number of aryl methyl sites for hydroxylation is 1. The van der Waals surface area contributed by atoms with Gasteiger partial charge in [0.15, 0.2) is 0 Å². The van der Waals surface area contributed by atoms with Gasteiger partial charge in [0.1, 0.15) is 0 Å². The number of hydrogen-bond donors (Lipinski definition) is 0. The van der Waals surface area contributed by atoms with E-state index in [2.05, 4.69) is 0 Å². The summed E-state index contributed by atoms with van der Waals surface area (Å²) in [5.74, 6) is -0.324. The van der Waals surface area contributed by atoms with Crippen LogP contribution in [0.4, 0.5) is 0 Å². The molecule has 1 heterocycles. The summed E-state index contributed by atoms with van der Waals surface area (Å²) in [7, 11) is 0. The smallest absolute Gasteiger partial charge is 0.233 e. The van der Waals surface area contributed by atoms with Crippen molar-refractivity contribution < 1.29 is 9.59 Å². The van der Waals surface area contributed by atoms with E-state index in [4.69, 9.17) is 11.6 Å². The predicted octanol–water partition coefficient (Wildman–Crippen LogP) is 3.85. The number of amides is 2. The van der Waals surface area contributed by atoms with Gasteiger partial charge in [0, 0.05) is 17.4 Å². The van der Waals surface area contributed by atoms with Crippen molar-refractivity contribution in [2.45, 2.75) is 25.8 Å². The molecule has 0 aromatic heterocycles. The predicted molar refractivity (Wildman–Crippen MR) is 89.9 cm³/mol. The molecule has 1 fully saturated rings. The number of nitrogens with zero attached hydrogens (tertiary/aromatic N) is 1. The first-order valence-corrected chi connectivity index (χ1v) is 8.14. The van der Waals surface area contributed by atoms with Gasteiger partial charge in [-0.2, -0.15) is 0 Å². The minimum absolute atomic E-state index is 0.0483. The molecule has 1 atom stereocenters. The Balaban J connectivity index is 1.60. The number of rotatable bonds is 5. The van der Waals surface area contributed by atoms with Crippen LogP contribution in [0.3, 0.4) is 0 Å². The van der Waals surface area contributed by atoms with E-state index in [0.717, 1.165) is 17.5 Å². The second kappa shape index (κ2) is 6.97. The summed E-state index contributed by atoms with van der Waals surface area (Å²) >= 11 is 5.87. The van der Waals surface area contributed by atoms with Crippen LogP contribution in [0.1, 0.15) is 24.0 Å². The quantitative estimate of drug-likeness (QED) is 0.782. The average molecular weight is 328 g/mol. The summed E-state index contributed by atoms with van der Waals surface area (Å²) in [5, 5.41) is 0.704. The highest BCUT2D eigenvalue weighted by Gasteiger charge is 2.37. The van der Waals surface area contributed by atoms with E-state index in [1.54, 1.807) is 0 Å². The summed E-state index contributed by atoms with van der Waals surface area (Å²) < 4.78 is 0. The molecular weight excluding hydrogens is 310 g/mol. The van der Waals surface area contributed by atoms with Gasteiger partial charge in [-0.25, -0.2) is 0 Å². The molecule has 0 saturated carbocycles. The fourth-order valence-corrected chi connectivity index (χ4v) is 3.03. The van der Waals surface area contributed by atoms with Gasteiger partial charge >= 0.3 is 0 Å². The maximum Gasteiger partial charge on any atom is 0.233 e. The molecule has 2 aromatic carbocycles. The van der Waals surface area contributed by atoms with Crippen molar-refractivity contribution in [3.05, 3.63) is 70.7 Å². The summed E-state index contributed by atoms with van der Waals surface area (Å²) in [6, 6.07) is 17.2. The maximum absolute atomic E-state index is 12.5. The zero-order valence-corrected chi connectivity index (χ0v) is 13.5. The lowest BCUT2D eigenvalue weighted by molar-refractivity contribution is -0.140. The van der Waals surface area contributed by atoms with E-state index >= 15 is 0 Å². The Morgan fingerprint density at radius 3 is 2.35 bits per heavy atom. The van der Waals surface area contributed by atoms with E-state index in [1.807, 2.05) is 54.6 Å². The number of likely N-dealkylation sites (tertiary alicyclic amines) is 1. The number of carbonyl (C=O) groups excluding carboxylic acids is 2. The Morgan fingerprint density at radius 2 is 1.65 bits per heavy atom. The van der Waals surface area contributed by atoms with Crippen LogP contribution in [0.25, 0.3) is 0 Å². The van der Waals surface area contributed by atoms with Crippen molar-refractivity contribution in [3.63, 3.8) is 0 Å². The van der Waals surface area contributed by atoms with Crippen molar-refractivity contribution in [1.82, 2.24) is 4.90 Å². The lowest BCUT2D eigenvalue weighted by atomic mass is 9.98. The van der Waals surface area contributed by atoms with Crippen LogP contribution in [0.5, 0.6) is 0 Å². The van der Waals surface area contributed by atoms with Crippen LogP contribution in [0.15, 0.2) is 54.6 Å². The second-order valence-electron chi connectivity index (χ2n) is 5.87. The number of halogens is 1. The minimum atomic E-state index is -0.207. The monoisotopic (exact) mass is 327 g/mol. The van der Waals surface area contributed by atoms with E-state index < -0.39 is 0 Å². The van der Waals surface area contributed by atoms with Gasteiger partial charge in [0.05, 0.1) is 6.54 Å². The van der Waals surface area contributed by atoms with Crippen molar-refractivity contribution in [1.29, 1.82) is 0 Å². The molecule has 23 heavy (non-hydrogen) atoms. The van der Waals surface area contributed by atoms with Crippen LogP contribution in [0.2, 0.25) is 5.02 Å². The summed E-state index contributed by atoms with van der Waals surface area (Å²) in [6.45, 7) is 0.371. The van der Waals surface area contributed by atoms with Crippen molar-refractivity contribution in [2.24, 2.45) is 5.92 Å². The Morgan fingerprint density at radius 1 is 0.957 bits per heavy atom. The number of hydrogen-bond acceptors (Lipinski definition) is 2. The Kier molecular flexibility index (Phi) is 4.77. The molecule has 0 radical (unpaired) electrons. The third-order valence-corrected chi connectivity index (χ3v) is 4.47. The van der Waals surface area contributed by atoms with Gasteiger partial charge in [-0.15, -0.1) is 0 Å². The van der Waals surface area contributed by atoms with Crippen LogP contribution >= 0.6 is 11.6 Å². The molecule has 3 nitrogen and oxygen atoms in total. The van der Waals surface area contributed by atoms with E-state index in [1.165, 1.54) is 4.90 Å². The molecule has 4 heteroatoms. The zero-order valence-electron chi connectivity index (χ0n) is 12.7. The first-order chi connectivity index (χ1) is 11.1. The standard InChI is InChI=1S/C19H18ClNO2/c20-17-10-7-14(8-11-17)6-9-16-12-18(22)21(19(16)23)13-15-4-2-1-3-5-15/h1-5,7-8,10-11,16H,6,9,12-13H2/t16-/m1/s1. The Bertz CT molecular complexity index is 697. The SMILES string of the molecule is O=C1C[C@@H](CCc2ccc(Cl)cc2)C(=O)N1Cc1ccccc1. The van der Waals surface area contributed by atoms with Gasteiger partial charge in [-0.3, -0.25) is 14.5 Å². The molecule has 0 unspecified atom stereocenters.